The number of amides is 2. The summed E-state index contributed by atoms with van der Waals surface area (Å²) >= 11 is 1.54. The van der Waals surface area contributed by atoms with E-state index in [1.165, 1.54) is 11.3 Å². The number of benzene rings is 2. The molecular formula is C23H26N4O2S. The van der Waals surface area contributed by atoms with Gasteiger partial charge in [0.1, 0.15) is 0 Å². The van der Waals surface area contributed by atoms with Crippen molar-refractivity contribution in [2.24, 2.45) is 5.92 Å². The zero-order chi connectivity index (χ0) is 20.9. The summed E-state index contributed by atoms with van der Waals surface area (Å²) in [5.41, 5.74) is 1.73. The van der Waals surface area contributed by atoms with E-state index in [2.05, 4.69) is 15.2 Å². The van der Waals surface area contributed by atoms with Gasteiger partial charge in [-0.3, -0.25) is 19.4 Å². The second-order valence-electron chi connectivity index (χ2n) is 7.53. The van der Waals surface area contributed by atoms with E-state index in [1.54, 1.807) is 4.90 Å². The molecule has 6 nitrogen and oxygen atoms in total. The average Bonchev–Trinajstić information content (AvgIpc) is 3.19. The number of piperidine rings is 1. The van der Waals surface area contributed by atoms with E-state index >= 15 is 0 Å². The average molecular weight is 423 g/mol. The van der Waals surface area contributed by atoms with Gasteiger partial charge in [-0.2, -0.15) is 0 Å². The third kappa shape index (κ3) is 4.68. The van der Waals surface area contributed by atoms with E-state index in [1.807, 2.05) is 61.5 Å². The monoisotopic (exact) mass is 422 g/mol. The van der Waals surface area contributed by atoms with Gasteiger partial charge < -0.3 is 5.32 Å². The Balaban J connectivity index is 1.38. The first-order valence-corrected chi connectivity index (χ1v) is 11.2. The molecule has 3 aromatic rings. The number of nitrogens with zero attached hydrogens (tertiary/aromatic N) is 3. The predicted octanol–water partition coefficient (Wildman–Crippen LogP) is 4.00. The molecule has 156 valence electrons. The van der Waals surface area contributed by atoms with Crippen LogP contribution in [0.4, 0.5) is 10.8 Å². The SMILES string of the molecule is CCN(C(=O)CN1CCCC(C(=O)Nc2ccccc2)C1)c1nc2ccccc2s1. The number of anilines is 2. The minimum Gasteiger partial charge on any atom is -0.326 e. The lowest BCUT2D eigenvalue weighted by Crippen LogP contribution is -2.46. The summed E-state index contributed by atoms with van der Waals surface area (Å²) in [6.07, 6.45) is 1.76. The maximum absolute atomic E-state index is 13.0. The van der Waals surface area contributed by atoms with Crippen molar-refractivity contribution in [1.82, 2.24) is 9.88 Å². The Morgan fingerprint density at radius 1 is 1.17 bits per heavy atom. The Morgan fingerprint density at radius 2 is 1.93 bits per heavy atom. The maximum Gasteiger partial charge on any atom is 0.242 e. The van der Waals surface area contributed by atoms with Crippen LogP contribution in [0.3, 0.4) is 0 Å². The highest BCUT2D eigenvalue weighted by molar-refractivity contribution is 7.22. The number of likely N-dealkylation sites (N-methyl/N-ethyl adjacent to an activating group) is 1. The minimum absolute atomic E-state index is 0.0249. The van der Waals surface area contributed by atoms with Crippen molar-refractivity contribution in [3.8, 4) is 0 Å². The molecule has 0 bridgehead atoms. The molecule has 1 atom stereocenters. The van der Waals surface area contributed by atoms with Crippen molar-refractivity contribution in [2.45, 2.75) is 19.8 Å². The second kappa shape index (κ2) is 9.36. The van der Waals surface area contributed by atoms with Crippen LogP contribution >= 0.6 is 11.3 Å². The number of likely N-dealkylation sites (tertiary alicyclic amines) is 1. The Hall–Kier alpha value is -2.77. The molecule has 1 saturated heterocycles. The van der Waals surface area contributed by atoms with Crippen molar-refractivity contribution >= 4 is 44.2 Å². The molecule has 0 radical (unpaired) electrons. The summed E-state index contributed by atoms with van der Waals surface area (Å²) in [4.78, 5) is 34.2. The molecule has 2 heterocycles. The molecule has 1 fully saturated rings. The first-order chi connectivity index (χ1) is 14.6. The molecular weight excluding hydrogens is 396 g/mol. The maximum atomic E-state index is 13.0. The van der Waals surface area contributed by atoms with E-state index in [0.717, 1.165) is 40.4 Å². The van der Waals surface area contributed by atoms with Crippen LogP contribution in [0.1, 0.15) is 19.8 Å². The standard InChI is InChI=1S/C23H26N4O2S/c1-2-27(23-25-19-12-6-7-13-20(19)30-23)21(28)16-26-14-8-9-17(15-26)22(29)24-18-10-4-3-5-11-18/h3-7,10-13,17H,2,8-9,14-16H2,1H3,(H,24,29). The fourth-order valence-electron chi connectivity index (χ4n) is 3.85. The van der Waals surface area contributed by atoms with Crippen LogP contribution in [0.2, 0.25) is 0 Å². The van der Waals surface area contributed by atoms with Gasteiger partial charge >= 0.3 is 0 Å². The normalized spacial score (nSPS) is 17.0. The highest BCUT2D eigenvalue weighted by Crippen LogP contribution is 2.29. The highest BCUT2D eigenvalue weighted by atomic mass is 32.1. The van der Waals surface area contributed by atoms with Crippen LogP contribution in [-0.2, 0) is 9.59 Å². The van der Waals surface area contributed by atoms with Gasteiger partial charge in [-0.15, -0.1) is 0 Å². The molecule has 0 aliphatic carbocycles. The second-order valence-corrected chi connectivity index (χ2v) is 8.54. The van der Waals surface area contributed by atoms with Crippen molar-refractivity contribution in [3.05, 3.63) is 54.6 Å². The number of hydrogen-bond acceptors (Lipinski definition) is 5. The van der Waals surface area contributed by atoms with E-state index in [4.69, 9.17) is 0 Å². The van der Waals surface area contributed by atoms with Gasteiger partial charge in [-0.1, -0.05) is 41.7 Å². The fourth-order valence-corrected chi connectivity index (χ4v) is 4.90. The van der Waals surface area contributed by atoms with Gasteiger partial charge in [0.25, 0.3) is 0 Å². The number of carbonyl (C=O) groups excluding carboxylic acids is 2. The lowest BCUT2D eigenvalue weighted by atomic mass is 9.97. The van der Waals surface area contributed by atoms with Gasteiger partial charge in [0.05, 0.1) is 22.7 Å². The number of fused-ring (bicyclic) bond motifs is 1. The largest absolute Gasteiger partial charge is 0.326 e. The van der Waals surface area contributed by atoms with E-state index < -0.39 is 0 Å². The Morgan fingerprint density at radius 3 is 2.70 bits per heavy atom. The van der Waals surface area contributed by atoms with Crippen LogP contribution in [0.5, 0.6) is 0 Å². The summed E-state index contributed by atoms with van der Waals surface area (Å²) < 4.78 is 1.08. The first kappa shape index (κ1) is 20.5. The molecule has 0 saturated carbocycles. The number of aromatic nitrogens is 1. The summed E-state index contributed by atoms with van der Waals surface area (Å²) in [5.74, 6) is -0.0539. The highest BCUT2D eigenvalue weighted by Gasteiger charge is 2.28. The molecule has 1 N–H and O–H groups in total. The zero-order valence-corrected chi connectivity index (χ0v) is 17.9. The third-order valence-electron chi connectivity index (χ3n) is 5.41. The first-order valence-electron chi connectivity index (χ1n) is 10.4. The molecule has 7 heteroatoms. The van der Waals surface area contributed by atoms with Gasteiger partial charge in [-0.25, -0.2) is 4.98 Å². The topological polar surface area (TPSA) is 65.5 Å². The molecule has 1 aliphatic heterocycles. The molecule has 1 aromatic heterocycles. The van der Waals surface area contributed by atoms with Crippen molar-refractivity contribution in [2.75, 3.05) is 36.4 Å². The number of hydrogen-bond donors (Lipinski definition) is 1. The van der Waals surface area contributed by atoms with Crippen LogP contribution in [0.25, 0.3) is 10.2 Å². The van der Waals surface area contributed by atoms with Gasteiger partial charge in [-0.05, 0) is 50.6 Å². The van der Waals surface area contributed by atoms with E-state index in [0.29, 0.717) is 19.6 Å². The molecule has 30 heavy (non-hydrogen) atoms. The molecule has 2 amide bonds. The van der Waals surface area contributed by atoms with Crippen LogP contribution < -0.4 is 10.2 Å². The molecule has 4 rings (SSSR count). The predicted molar refractivity (Wildman–Crippen MR) is 122 cm³/mol. The van der Waals surface area contributed by atoms with Gasteiger partial charge in [0, 0.05) is 18.8 Å². The van der Waals surface area contributed by atoms with Gasteiger partial charge in [0.15, 0.2) is 5.13 Å². The lowest BCUT2D eigenvalue weighted by molar-refractivity contribution is -0.124. The van der Waals surface area contributed by atoms with Gasteiger partial charge in [0.2, 0.25) is 11.8 Å². The number of thiazole rings is 1. The number of carbonyl (C=O) groups is 2. The summed E-state index contributed by atoms with van der Waals surface area (Å²) in [6, 6.07) is 17.4. The Kier molecular flexibility index (Phi) is 6.40. The quantitative estimate of drug-likeness (QED) is 0.652. The van der Waals surface area contributed by atoms with E-state index in [-0.39, 0.29) is 17.7 Å². The zero-order valence-electron chi connectivity index (χ0n) is 17.1. The summed E-state index contributed by atoms with van der Waals surface area (Å²) in [6.45, 7) is 4.28. The minimum atomic E-state index is -0.107. The van der Waals surface area contributed by atoms with Crippen LogP contribution in [-0.4, -0.2) is 47.9 Å². The Labute approximate surface area is 180 Å². The fraction of sp³-hybridized carbons (Fsp3) is 0.348. The smallest absolute Gasteiger partial charge is 0.242 e. The molecule has 1 aliphatic rings. The summed E-state index contributed by atoms with van der Waals surface area (Å²) in [7, 11) is 0. The van der Waals surface area contributed by atoms with Crippen molar-refractivity contribution < 1.29 is 9.59 Å². The molecule has 1 unspecified atom stereocenters. The van der Waals surface area contributed by atoms with Crippen LogP contribution in [0.15, 0.2) is 54.6 Å². The Bertz CT molecular complexity index is 987. The number of nitrogens with one attached hydrogen (secondary N) is 1. The van der Waals surface area contributed by atoms with E-state index in [9.17, 15) is 9.59 Å². The number of rotatable bonds is 6. The molecule has 2 aromatic carbocycles. The molecule has 0 spiro atoms. The van der Waals surface area contributed by atoms with Crippen LogP contribution in [0, 0.1) is 5.92 Å². The van der Waals surface area contributed by atoms with Crippen molar-refractivity contribution in [3.63, 3.8) is 0 Å². The van der Waals surface area contributed by atoms with Crippen molar-refractivity contribution in [1.29, 1.82) is 0 Å². The third-order valence-corrected chi connectivity index (χ3v) is 6.47. The number of para-hydroxylation sites is 2. The summed E-state index contributed by atoms with van der Waals surface area (Å²) in [5, 5.41) is 3.73. The lowest BCUT2D eigenvalue weighted by Gasteiger charge is -2.32.